The van der Waals surface area contributed by atoms with Gasteiger partial charge in [-0.25, -0.2) is 0 Å². The molecule has 1 aliphatic rings. The van der Waals surface area contributed by atoms with Gasteiger partial charge in [0.2, 0.25) is 0 Å². The lowest BCUT2D eigenvalue weighted by Gasteiger charge is -2.37. The maximum atomic E-state index is 12.1. The van der Waals surface area contributed by atoms with Crippen LogP contribution < -0.4 is 0 Å². The Bertz CT molecular complexity index is 374. The SMILES string of the molecule is O=C(c1cc(Cl)c[nH]1)N(CCO)C1CCC1. The number of amides is 1. The lowest BCUT2D eigenvalue weighted by Crippen LogP contribution is -2.45. The largest absolute Gasteiger partial charge is 0.395 e. The summed E-state index contributed by atoms with van der Waals surface area (Å²) in [5.41, 5.74) is 0.491. The normalized spacial score (nSPS) is 15.9. The van der Waals surface area contributed by atoms with E-state index >= 15 is 0 Å². The second-order valence-electron chi connectivity index (χ2n) is 4.04. The first-order chi connectivity index (χ1) is 7.72. The minimum Gasteiger partial charge on any atom is -0.395 e. The van der Waals surface area contributed by atoms with E-state index in [4.69, 9.17) is 16.7 Å². The summed E-state index contributed by atoms with van der Waals surface area (Å²) in [6, 6.07) is 1.90. The van der Waals surface area contributed by atoms with Gasteiger partial charge in [-0.15, -0.1) is 0 Å². The van der Waals surface area contributed by atoms with Crippen LogP contribution in [0.4, 0.5) is 0 Å². The standard InChI is InChI=1S/C11H15ClN2O2/c12-8-6-10(13-7-8)11(16)14(4-5-15)9-2-1-3-9/h6-7,9,13,15H,1-5H2. The predicted octanol–water partition coefficient (Wildman–Crippen LogP) is 1.66. The summed E-state index contributed by atoms with van der Waals surface area (Å²) in [5.74, 6) is -0.0781. The van der Waals surface area contributed by atoms with Crippen LogP contribution in [0.5, 0.6) is 0 Å². The Morgan fingerprint density at radius 2 is 2.38 bits per heavy atom. The molecule has 0 bridgehead atoms. The molecule has 2 rings (SSSR count). The van der Waals surface area contributed by atoms with Crippen LogP contribution in [-0.2, 0) is 0 Å². The number of rotatable bonds is 4. The summed E-state index contributed by atoms with van der Waals surface area (Å²) in [6.07, 6.45) is 4.80. The van der Waals surface area contributed by atoms with E-state index in [0.717, 1.165) is 19.3 Å². The van der Waals surface area contributed by atoms with Crippen molar-refractivity contribution in [3.8, 4) is 0 Å². The van der Waals surface area contributed by atoms with Gasteiger partial charge in [-0.3, -0.25) is 4.79 Å². The number of carbonyl (C=O) groups is 1. The van der Waals surface area contributed by atoms with Gasteiger partial charge in [0.1, 0.15) is 5.69 Å². The van der Waals surface area contributed by atoms with Crippen molar-refractivity contribution in [2.24, 2.45) is 0 Å². The maximum Gasteiger partial charge on any atom is 0.270 e. The van der Waals surface area contributed by atoms with Crippen LogP contribution in [0.1, 0.15) is 29.8 Å². The predicted molar refractivity (Wildman–Crippen MR) is 61.6 cm³/mol. The van der Waals surface area contributed by atoms with E-state index in [1.54, 1.807) is 17.2 Å². The molecule has 0 aliphatic heterocycles. The fraction of sp³-hybridized carbons (Fsp3) is 0.545. The molecule has 0 spiro atoms. The number of halogens is 1. The van der Waals surface area contributed by atoms with Crippen LogP contribution in [0, 0.1) is 0 Å². The second-order valence-corrected chi connectivity index (χ2v) is 4.47. The summed E-state index contributed by atoms with van der Waals surface area (Å²) in [5, 5.41) is 9.50. The summed E-state index contributed by atoms with van der Waals surface area (Å²) >= 11 is 5.76. The third kappa shape index (κ3) is 2.23. The van der Waals surface area contributed by atoms with Gasteiger partial charge >= 0.3 is 0 Å². The summed E-state index contributed by atoms with van der Waals surface area (Å²) in [6.45, 7) is 0.386. The fourth-order valence-electron chi connectivity index (χ4n) is 1.90. The molecule has 4 nitrogen and oxygen atoms in total. The van der Waals surface area contributed by atoms with Crippen molar-refractivity contribution >= 4 is 17.5 Å². The molecule has 0 saturated heterocycles. The van der Waals surface area contributed by atoms with Crippen LogP contribution in [0.2, 0.25) is 5.02 Å². The Balaban J connectivity index is 2.09. The zero-order chi connectivity index (χ0) is 11.5. The molecule has 1 aliphatic carbocycles. The van der Waals surface area contributed by atoms with Gasteiger partial charge in [0.05, 0.1) is 11.6 Å². The number of aromatic amines is 1. The van der Waals surface area contributed by atoms with Crippen molar-refractivity contribution in [1.82, 2.24) is 9.88 Å². The van der Waals surface area contributed by atoms with Crippen LogP contribution >= 0.6 is 11.6 Å². The van der Waals surface area contributed by atoms with E-state index in [1.807, 2.05) is 0 Å². The molecule has 16 heavy (non-hydrogen) atoms. The van der Waals surface area contributed by atoms with E-state index in [9.17, 15) is 4.79 Å². The quantitative estimate of drug-likeness (QED) is 0.844. The Hall–Kier alpha value is -1.00. The topological polar surface area (TPSA) is 56.3 Å². The van der Waals surface area contributed by atoms with Gasteiger partial charge in [0, 0.05) is 18.8 Å². The first kappa shape index (κ1) is 11.5. The van der Waals surface area contributed by atoms with E-state index < -0.39 is 0 Å². The number of hydrogen-bond acceptors (Lipinski definition) is 2. The molecule has 1 saturated carbocycles. The highest BCUT2D eigenvalue weighted by Crippen LogP contribution is 2.26. The number of nitrogens with one attached hydrogen (secondary N) is 1. The Labute approximate surface area is 99.2 Å². The maximum absolute atomic E-state index is 12.1. The number of nitrogens with zero attached hydrogens (tertiary/aromatic N) is 1. The molecule has 0 radical (unpaired) electrons. The monoisotopic (exact) mass is 242 g/mol. The van der Waals surface area contributed by atoms with Crippen molar-refractivity contribution in [3.63, 3.8) is 0 Å². The molecule has 1 aromatic rings. The average Bonchev–Trinajstić information content (AvgIpc) is 2.60. The van der Waals surface area contributed by atoms with E-state index in [1.165, 1.54) is 0 Å². The number of aliphatic hydroxyl groups is 1. The van der Waals surface area contributed by atoms with Crippen LogP contribution in [-0.4, -0.2) is 40.1 Å². The summed E-state index contributed by atoms with van der Waals surface area (Å²) in [4.78, 5) is 16.7. The van der Waals surface area contributed by atoms with Crippen molar-refractivity contribution in [1.29, 1.82) is 0 Å². The third-order valence-electron chi connectivity index (χ3n) is 3.00. The van der Waals surface area contributed by atoms with Crippen LogP contribution in [0.3, 0.4) is 0 Å². The van der Waals surface area contributed by atoms with Crippen molar-refractivity contribution < 1.29 is 9.90 Å². The smallest absolute Gasteiger partial charge is 0.270 e. The molecule has 0 aromatic carbocycles. The van der Waals surface area contributed by atoms with Gasteiger partial charge < -0.3 is 15.0 Å². The zero-order valence-electron chi connectivity index (χ0n) is 8.95. The molecule has 1 heterocycles. The second kappa shape index (κ2) is 4.89. The van der Waals surface area contributed by atoms with Crippen LogP contribution in [0.25, 0.3) is 0 Å². The molecule has 0 atom stereocenters. The molecule has 2 N–H and O–H groups in total. The highest BCUT2D eigenvalue weighted by Gasteiger charge is 2.29. The van der Waals surface area contributed by atoms with E-state index in [2.05, 4.69) is 4.98 Å². The Morgan fingerprint density at radius 1 is 1.62 bits per heavy atom. The van der Waals surface area contributed by atoms with E-state index in [-0.39, 0.29) is 18.6 Å². The molecule has 1 aromatic heterocycles. The number of aromatic nitrogens is 1. The molecular weight excluding hydrogens is 228 g/mol. The molecular formula is C11H15ClN2O2. The molecule has 1 amide bonds. The lowest BCUT2D eigenvalue weighted by atomic mass is 9.91. The minimum absolute atomic E-state index is 0.00329. The third-order valence-corrected chi connectivity index (χ3v) is 3.21. The lowest BCUT2D eigenvalue weighted by molar-refractivity contribution is 0.0520. The molecule has 0 unspecified atom stereocenters. The fourth-order valence-corrected chi connectivity index (χ4v) is 2.07. The molecule has 5 heteroatoms. The number of aliphatic hydroxyl groups excluding tert-OH is 1. The molecule has 1 fully saturated rings. The average molecular weight is 243 g/mol. The number of carbonyl (C=O) groups excluding carboxylic acids is 1. The first-order valence-electron chi connectivity index (χ1n) is 5.48. The van der Waals surface area contributed by atoms with Crippen molar-refractivity contribution in [2.45, 2.75) is 25.3 Å². The number of hydrogen-bond donors (Lipinski definition) is 2. The van der Waals surface area contributed by atoms with Gasteiger partial charge in [-0.2, -0.15) is 0 Å². The van der Waals surface area contributed by atoms with Gasteiger partial charge in [0.15, 0.2) is 0 Å². The Kier molecular flexibility index (Phi) is 3.51. The van der Waals surface area contributed by atoms with Crippen LogP contribution in [0.15, 0.2) is 12.3 Å². The summed E-state index contributed by atoms with van der Waals surface area (Å²) < 4.78 is 0. The van der Waals surface area contributed by atoms with Gasteiger partial charge in [-0.1, -0.05) is 11.6 Å². The molecule has 88 valence electrons. The Morgan fingerprint density at radius 3 is 2.81 bits per heavy atom. The zero-order valence-corrected chi connectivity index (χ0v) is 9.70. The van der Waals surface area contributed by atoms with Gasteiger partial charge in [0.25, 0.3) is 5.91 Å². The first-order valence-corrected chi connectivity index (χ1v) is 5.86. The highest BCUT2D eigenvalue weighted by atomic mass is 35.5. The highest BCUT2D eigenvalue weighted by molar-refractivity contribution is 6.30. The van der Waals surface area contributed by atoms with Crippen molar-refractivity contribution in [3.05, 3.63) is 23.0 Å². The summed E-state index contributed by atoms with van der Waals surface area (Å²) in [7, 11) is 0. The van der Waals surface area contributed by atoms with Gasteiger partial charge in [-0.05, 0) is 25.3 Å². The number of H-pyrrole nitrogens is 1. The van der Waals surface area contributed by atoms with Crippen molar-refractivity contribution in [2.75, 3.05) is 13.2 Å². The van der Waals surface area contributed by atoms with E-state index in [0.29, 0.717) is 17.3 Å². The minimum atomic E-state index is -0.0781.